The van der Waals surface area contributed by atoms with E-state index in [0.29, 0.717) is 4.88 Å². The van der Waals surface area contributed by atoms with Gasteiger partial charge in [0.15, 0.2) is 0 Å². The average Bonchev–Trinajstić information content (AvgIpc) is 3.05. The third kappa shape index (κ3) is 2.56. The second-order valence-electron chi connectivity index (χ2n) is 4.93. The highest BCUT2D eigenvalue weighted by Gasteiger charge is 2.18. The van der Waals surface area contributed by atoms with Crippen LogP contribution in [0.15, 0.2) is 36.4 Å². The second-order valence-corrected chi connectivity index (χ2v) is 5.96. The minimum absolute atomic E-state index is 0.366. The zero-order valence-electron chi connectivity index (χ0n) is 11.7. The molecule has 0 spiro atoms. The number of aromatic nitrogens is 2. The van der Waals surface area contributed by atoms with Crippen molar-refractivity contribution in [1.29, 1.82) is 0 Å². The van der Waals surface area contributed by atoms with Gasteiger partial charge in [0, 0.05) is 5.39 Å². The summed E-state index contributed by atoms with van der Waals surface area (Å²) < 4.78 is 1.86. The number of aryl methyl sites for hydroxylation is 1. The van der Waals surface area contributed by atoms with E-state index in [9.17, 15) is 9.90 Å². The van der Waals surface area contributed by atoms with E-state index in [2.05, 4.69) is 6.92 Å². The van der Waals surface area contributed by atoms with E-state index < -0.39 is 5.97 Å². The molecular formula is C16H16N2O2S. The molecule has 0 unspecified atom stereocenters. The third-order valence-electron chi connectivity index (χ3n) is 3.42. The summed E-state index contributed by atoms with van der Waals surface area (Å²) in [5.41, 5.74) is 1.95. The fourth-order valence-electron chi connectivity index (χ4n) is 2.34. The normalized spacial score (nSPS) is 11.1. The number of fused-ring (bicyclic) bond motifs is 1. The summed E-state index contributed by atoms with van der Waals surface area (Å²) >= 11 is 1.28. The number of carbonyl (C=O) groups is 1. The molecule has 5 heteroatoms. The van der Waals surface area contributed by atoms with Crippen LogP contribution in [0.1, 0.15) is 35.1 Å². The van der Waals surface area contributed by atoms with Crippen molar-refractivity contribution in [1.82, 2.24) is 9.78 Å². The van der Waals surface area contributed by atoms with Crippen molar-refractivity contribution in [2.24, 2.45) is 0 Å². The highest BCUT2D eigenvalue weighted by molar-refractivity contribution is 7.20. The molecule has 0 radical (unpaired) electrons. The molecule has 4 nitrogen and oxygen atoms in total. The molecular weight excluding hydrogens is 284 g/mol. The van der Waals surface area contributed by atoms with Crippen LogP contribution >= 0.6 is 11.3 Å². The topological polar surface area (TPSA) is 55.1 Å². The monoisotopic (exact) mass is 300 g/mol. The van der Waals surface area contributed by atoms with E-state index in [1.165, 1.54) is 11.3 Å². The van der Waals surface area contributed by atoms with Crippen LogP contribution in [0.2, 0.25) is 0 Å². The van der Waals surface area contributed by atoms with Crippen LogP contribution < -0.4 is 0 Å². The number of unbranched alkanes of at least 4 members (excludes halogenated alkanes) is 1. The number of benzene rings is 1. The van der Waals surface area contributed by atoms with Crippen LogP contribution in [-0.4, -0.2) is 20.9 Å². The van der Waals surface area contributed by atoms with Gasteiger partial charge in [-0.2, -0.15) is 5.10 Å². The third-order valence-corrected chi connectivity index (χ3v) is 4.51. The van der Waals surface area contributed by atoms with Gasteiger partial charge in [-0.1, -0.05) is 31.5 Å². The lowest BCUT2D eigenvalue weighted by molar-refractivity contribution is 0.0702. The molecule has 0 amide bonds. The number of thiophene rings is 1. The molecule has 0 fully saturated rings. The fraction of sp³-hybridized carbons (Fsp3) is 0.250. The first-order chi connectivity index (χ1) is 10.2. The van der Waals surface area contributed by atoms with Gasteiger partial charge in [0.1, 0.15) is 9.71 Å². The van der Waals surface area contributed by atoms with E-state index in [-0.39, 0.29) is 0 Å². The Labute approximate surface area is 126 Å². The predicted octanol–water partition coefficient (Wildman–Crippen LogP) is 4.13. The fourth-order valence-corrected chi connectivity index (χ4v) is 3.34. The number of rotatable bonds is 5. The molecule has 3 aromatic rings. The van der Waals surface area contributed by atoms with E-state index in [1.54, 1.807) is 6.07 Å². The second kappa shape index (κ2) is 5.69. The summed E-state index contributed by atoms with van der Waals surface area (Å²) in [6.45, 7) is 2.14. The minimum atomic E-state index is -0.878. The number of hydrogen-bond donors (Lipinski definition) is 1. The van der Waals surface area contributed by atoms with Crippen LogP contribution in [0.3, 0.4) is 0 Å². The molecule has 0 aliphatic carbocycles. The maximum Gasteiger partial charge on any atom is 0.345 e. The molecule has 1 N–H and O–H groups in total. The van der Waals surface area contributed by atoms with E-state index in [0.717, 1.165) is 40.9 Å². The summed E-state index contributed by atoms with van der Waals surface area (Å²) in [6, 6.07) is 11.6. The smallest absolute Gasteiger partial charge is 0.345 e. The average molecular weight is 300 g/mol. The summed E-state index contributed by atoms with van der Waals surface area (Å²) in [7, 11) is 0. The first-order valence-electron chi connectivity index (χ1n) is 7.01. The van der Waals surface area contributed by atoms with Crippen molar-refractivity contribution in [3.8, 4) is 5.69 Å². The van der Waals surface area contributed by atoms with Gasteiger partial charge in [0.05, 0.1) is 11.4 Å². The Hall–Kier alpha value is -2.14. The lowest BCUT2D eigenvalue weighted by Crippen LogP contribution is -1.97. The quantitative estimate of drug-likeness (QED) is 0.771. The van der Waals surface area contributed by atoms with E-state index in [1.807, 2.05) is 35.0 Å². The Morgan fingerprint density at radius 2 is 2.10 bits per heavy atom. The van der Waals surface area contributed by atoms with Crippen molar-refractivity contribution in [2.45, 2.75) is 26.2 Å². The Balaban J connectivity index is 2.17. The van der Waals surface area contributed by atoms with Crippen molar-refractivity contribution < 1.29 is 9.90 Å². The van der Waals surface area contributed by atoms with Crippen LogP contribution in [0.25, 0.3) is 15.9 Å². The number of nitrogens with zero attached hydrogens (tertiary/aromatic N) is 2. The van der Waals surface area contributed by atoms with Gasteiger partial charge in [-0.05, 0) is 31.0 Å². The van der Waals surface area contributed by atoms with Gasteiger partial charge < -0.3 is 5.11 Å². The molecule has 0 saturated carbocycles. The molecule has 2 heterocycles. The Morgan fingerprint density at radius 3 is 2.76 bits per heavy atom. The van der Waals surface area contributed by atoms with Crippen molar-refractivity contribution >= 4 is 27.5 Å². The van der Waals surface area contributed by atoms with E-state index >= 15 is 0 Å². The molecule has 0 bridgehead atoms. The van der Waals surface area contributed by atoms with Gasteiger partial charge >= 0.3 is 5.97 Å². The van der Waals surface area contributed by atoms with Crippen LogP contribution in [-0.2, 0) is 6.42 Å². The molecule has 0 aliphatic rings. The minimum Gasteiger partial charge on any atom is -0.477 e. The highest BCUT2D eigenvalue weighted by Crippen LogP contribution is 2.31. The standard InChI is InChI=1S/C16H16N2O2S/c1-2-3-9-13-12-10-14(16(19)20)21-15(12)18(17-13)11-7-5-4-6-8-11/h4-8,10H,2-3,9H2,1H3,(H,19,20). The molecule has 0 aliphatic heterocycles. The number of para-hydroxylation sites is 1. The van der Waals surface area contributed by atoms with Crippen molar-refractivity contribution in [3.63, 3.8) is 0 Å². The Kier molecular flexibility index (Phi) is 3.75. The molecule has 1 aromatic carbocycles. The van der Waals surface area contributed by atoms with E-state index in [4.69, 9.17) is 5.10 Å². The van der Waals surface area contributed by atoms with Gasteiger partial charge in [-0.3, -0.25) is 0 Å². The zero-order chi connectivity index (χ0) is 14.8. The Bertz CT molecular complexity index is 774. The first kappa shape index (κ1) is 13.8. The summed E-state index contributed by atoms with van der Waals surface area (Å²) in [6.07, 6.45) is 3.03. The summed E-state index contributed by atoms with van der Waals surface area (Å²) in [5, 5.41) is 14.9. The predicted molar refractivity (Wildman–Crippen MR) is 84.5 cm³/mol. The molecule has 0 saturated heterocycles. The van der Waals surface area contributed by atoms with Gasteiger partial charge in [0.25, 0.3) is 0 Å². The number of carboxylic acids is 1. The van der Waals surface area contributed by atoms with Crippen LogP contribution in [0, 0.1) is 0 Å². The van der Waals surface area contributed by atoms with Crippen LogP contribution in [0.5, 0.6) is 0 Å². The van der Waals surface area contributed by atoms with Gasteiger partial charge in [-0.25, -0.2) is 9.48 Å². The maximum absolute atomic E-state index is 11.2. The van der Waals surface area contributed by atoms with Crippen molar-refractivity contribution in [2.75, 3.05) is 0 Å². The first-order valence-corrected chi connectivity index (χ1v) is 7.82. The lowest BCUT2D eigenvalue weighted by Gasteiger charge is -2.01. The van der Waals surface area contributed by atoms with Gasteiger partial charge in [0.2, 0.25) is 0 Å². The van der Waals surface area contributed by atoms with Crippen molar-refractivity contribution in [3.05, 3.63) is 47.0 Å². The summed E-state index contributed by atoms with van der Waals surface area (Å²) in [4.78, 5) is 12.5. The van der Waals surface area contributed by atoms with Gasteiger partial charge in [-0.15, -0.1) is 11.3 Å². The molecule has 3 rings (SSSR count). The highest BCUT2D eigenvalue weighted by atomic mass is 32.1. The number of hydrogen-bond acceptors (Lipinski definition) is 3. The lowest BCUT2D eigenvalue weighted by atomic mass is 10.1. The van der Waals surface area contributed by atoms with Crippen LogP contribution in [0.4, 0.5) is 0 Å². The zero-order valence-corrected chi connectivity index (χ0v) is 12.6. The maximum atomic E-state index is 11.2. The summed E-state index contributed by atoms with van der Waals surface area (Å²) in [5.74, 6) is -0.878. The molecule has 21 heavy (non-hydrogen) atoms. The number of aromatic carboxylic acids is 1. The molecule has 2 aromatic heterocycles. The molecule has 0 atom stereocenters. The SMILES string of the molecule is CCCCc1nn(-c2ccccc2)c2sc(C(=O)O)cc12. The Morgan fingerprint density at radius 1 is 1.33 bits per heavy atom. The molecule has 108 valence electrons. The number of carboxylic acid groups (broad SMARTS) is 1. The largest absolute Gasteiger partial charge is 0.477 e.